The number of aromatic nitrogens is 1. The third-order valence-corrected chi connectivity index (χ3v) is 8.15. The number of esters is 1. The van der Waals surface area contributed by atoms with Crippen LogP contribution in [0.15, 0.2) is 72.5 Å². The number of allylic oxidation sites excluding steroid dienone is 5. The number of rotatable bonds is 9. The Labute approximate surface area is 245 Å². The van der Waals surface area contributed by atoms with E-state index in [1.165, 1.54) is 11.1 Å². The minimum Gasteiger partial charge on any atom is -0.462 e. The molecule has 1 aliphatic carbocycles. The molecule has 2 heterocycles. The van der Waals surface area contributed by atoms with Gasteiger partial charge in [-0.15, -0.1) is 0 Å². The average Bonchev–Trinajstić information content (AvgIpc) is 3.22. The summed E-state index contributed by atoms with van der Waals surface area (Å²) in [5.74, 6) is -0.00620. The van der Waals surface area contributed by atoms with Gasteiger partial charge >= 0.3 is 5.97 Å². The largest absolute Gasteiger partial charge is 0.462 e. The monoisotopic (exact) mass is 551 g/mol. The van der Waals surface area contributed by atoms with Crippen molar-refractivity contribution in [1.82, 2.24) is 15.6 Å². The van der Waals surface area contributed by atoms with Crippen LogP contribution in [0.25, 0.3) is 23.9 Å². The van der Waals surface area contributed by atoms with E-state index in [9.17, 15) is 4.79 Å². The Morgan fingerprint density at radius 2 is 1.98 bits per heavy atom. The van der Waals surface area contributed by atoms with Gasteiger partial charge in [-0.1, -0.05) is 55.2 Å². The molecular formula is C36H45N3O2. The van der Waals surface area contributed by atoms with Gasteiger partial charge in [0, 0.05) is 5.69 Å². The van der Waals surface area contributed by atoms with Gasteiger partial charge in [0.15, 0.2) is 0 Å². The molecule has 0 radical (unpaired) electrons. The maximum atomic E-state index is 12.9. The maximum Gasteiger partial charge on any atom is 0.309 e. The third kappa shape index (κ3) is 8.40. The van der Waals surface area contributed by atoms with E-state index in [1.807, 2.05) is 25.1 Å². The van der Waals surface area contributed by atoms with E-state index >= 15 is 0 Å². The van der Waals surface area contributed by atoms with Crippen LogP contribution in [0.3, 0.4) is 0 Å². The first kappa shape index (κ1) is 30.3. The lowest BCUT2D eigenvalue weighted by Crippen LogP contribution is -2.35. The van der Waals surface area contributed by atoms with Gasteiger partial charge in [0.2, 0.25) is 0 Å². The highest BCUT2D eigenvalue weighted by molar-refractivity contribution is 5.88. The third-order valence-electron chi connectivity index (χ3n) is 8.15. The van der Waals surface area contributed by atoms with Crippen LogP contribution in [-0.4, -0.2) is 30.1 Å². The van der Waals surface area contributed by atoms with Gasteiger partial charge in [0.25, 0.3) is 0 Å². The number of carbonyl (C=O) groups is 1. The standard InChI is InChI=1S/C36H45N3O2/c1-6-28(22-29-11-9-12-30(17-15-29)36(40)41-33-18-20-37-21-19-33)23-32-24-31(16-14-25(32)3)27(5)35(38-7-2)34-13-8-10-26(4)39-34/h6-8,10-11,13-14,16,23-24,30,33,37-38H,2-3,9,12,15,17-22H2,1,4-5H3/b28-6-,32-23-,35-27+. The molecule has 0 saturated carbocycles. The summed E-state index contributed by atoms with van der Waals surface area (Å²) in [5, 5.41) is 8.73. The van der Waals surface area contributed by atoms with Crippen LogP contribution in [0.2, 0.25) is 0 Å². The molecule has 2 aliphatic rings. The number of ether oxygens (including phenoxy) is 1. The number of nitrogens with one attached hydrogen (secondary N) is 2. The Bertz CT molecular complexity index is 1440. The lowest BCUT2D eigenvalue weighted by Gasteiger charge is -2.25. The van der Waals surface area contributed by atoms with E-state index < -0.39 is 0 Å². The van der Waals surface area contributed by atoms with Crippen molar-refractivity contribution in [2.45, 2.75) is 71.8 Å². The molecule has 0 bridgehead atoms. The summed E-state index contributed by atoms with van der Waals surface area (Å²) >= 11 is 0. The second-order valence-corrected chi connectivity index (χ2v) is 11.2. The van der Waals surface area contributed by atoms with Crippen LogP contribution >= 0.6 is 0 Å². The van der Waals surface area contributed by atoms with Gasteiger partial charge in [-0.3, -0.25) is 9.78 Å². The summed E-state index contributed by atoms with van der Waals surface area (Å²) in [6.45, 7) is 16.3. The minimum absolute atomic E-state index is 0.00233. The minimum atomic E-state index is -0.00387. The number of piperidine rings is 1. The van der Waals surface area contributed by atoms with E-state index in [-0.39, 0.29) is 18.0 Å². The fourth-order valence-electron chi connectivity index (χ4n) is 5.63. The molecule has 0 amide bonds. The predicted octanol–water partition coefficient (Wildman–Crippen LogP) is 5.95. The van der Waals surface area contributed by atoms with Crippen molar-refractivity contribution in [3.63, 3.8) is 0 Å². The fraction of sp³-hybridized carbons (Fsp3) is 0.389. The van der Waals surface area contributed by atoms with Crippen molar-refractivity contribution in [1.29, 1.82) is 0 Å². The number of hydrogen-bond donors (Lipinski definition) is 2. The number of pyridine rings is 1. The zero-order valence-electron chi connectivity index (χ0n) is 25.0. The van der Waals surface area contributed by atoms with Crippen LogP contribution in [0.4, 0.5) is 0 Å². The summed E-state index contributed by atoms with van der Waals surface area (Å²) < 4.78 is 5.87. The molecule has 1 unspecified atom stereocenters. The van der Waals surface area contributed by atoms with Crippen molar-refractivity contribution in [2.75, 3.05) is 13.1 Å². The molecule has 5 nitrogen and oxygen atoms in total. The van der Waals surface area contributed by atoms with E-state index in [0.29, 0.717) is 0 Å². The Morgan fingerprint density at radius 1 is 1.17 bits per heavy atom. The van der Waals surface area contributed by atoms with E-state index in [0.717, 1.165) is 96.7 Å². The summed E-state index contributed by atoms with van der Waals surface area (Å²) in [5.41, 5.74) is 7.64. The maximum absolute atomic E-state index is 12.9. The molecule has 41 heavy (non-hydrogen) atoms. The van der Waals surface area contributed by atoms with Gasteiger partial charge in [-0.25, -0.2) is 0 Å². The average molecular weight is 552 g/mol. The van der Waals surface area contributed by atoms with Crippen LogP contribution in [0, 0.1) is 12.8 Å². The van der Waals surface area contributed by atoms with Crippen molar-refractivity contribution < 1.29 is 9.53 Å². The molecule has 216 valence electrons. The van der Waals surface area contributed by atoms with Gasteiger partial charge < -0.3 is 15.4 Å². The molecular weight excluding hydrogens is 506 g/mol. The van der Waals surface area contributed by atoms with Crippen molar-refractivity contribution >= 4 is 29.9 Å². The second-order valence-electron chi connectivity index (χ2n) is 11.2. The Balaban J connectivity index is 1.49. The highest BCUT2D eigenvalue weighted by atomic mass is 16.5. The quantitative estimate of drug-likeness (QED) is 0.298. The highest BCUT2D eigenvalue weighted by Gasteiger charge is 2.25. The first-order valence-corrected chi connectivity index (χ1v) is 15.0. The van der Waals surface area contributed by atoms with Crippen LogP contribution in [0.1, 0.15) is 75.7 Å². The zero-order chi connectivity index (χ0) is 29.2. The zero-order valence-corrected chi connectivity index (χ0v) is 25.0. The molecule has 2 N–H and O–H groups in total. The predicted molar refractivity (Wildman–Crippen MR) is 171 cm³/mol. The number of hydrogen-bond acceptors (Lipinski definition) is 5. The first-order chi connectivity index (χ1) is 19.9. The topological polar surface area (TPSA) is 63.2 Å². The lowest BCUT2D eigenvalue weighted by molar-refractivity contribution is -0.155. The summed E-state index contributed by atoms with van der Waals surface area (Å²) in [7, 11) is 0. The van der Waals surface area contributed by atoms with E-state index in [1.54, 1.807) is 6.20 Å². The van der Waals surface area contributed by atoms with E-state index in [2.05, 4.69) is 74.1 Å². The molecule has 1 aromatic heterocycles. The number of aryl methyl sites for hydroxylation is 1. The van der Waals surface area contributed by atoms with Gasteiger partial charge in [0.05, 0.1) is 17.3 Å². The highest BCUT2D eigenvalue weighted by Crippen LogP contribution is 2.29. The van der Waals surface area contributed by atoms with Crippen molar-refractivity contribution in [3.8, 4) is 0 Å². The second kappa shape index (κ2) is 14.8. The lowest BCUT2D eigenvalue weighted by atomic mass is 9.96. The normalized spacial score (nSPS) is 19.6. The smallest absolute Gasteiger partial charge is 0.309 e. The Hall–Kier alpha value is -3.70. The molecule has 2 aromatic rings. The molecule has 1 aliphatic heterocycles. The van der Waals surface area contributed by atoms with Crippen LogP contribution in [-0.2, 0) is 9.53 Å². The van der Waals surface area contributed by atoms with Gasteiger partial charge in [-0.05, 0) is 130 Å². The van der Waals surface area contributed by atoms with Gasteiger partial charge in [-0.2, -0.15) is 0 Å². The fourth-order valence-corrected chi connectivity index (χ4v) is 5.63. The van der Waals surface area contributed by atoms with Crippen molar-refractivity contribution in [3.05, 3.63) is 99.9 Å². The Kier molecular flexibility index (Phi) is 10.9. The number of carbonyl (C=O) groups excluding carboxylic acids is 1. The van der Waals surface area contributed by atoms with E-state index in [4.69, 9.17) is 9.72 Å². The summed E-state index contributed by atoms with van der Waals surface area (Å²) in [4.78, 5) is 17.6. The first-order valence-electron chi connectivity index (χ1n) is 15.0. The SMILES string of the molecule is C=CN/C(=C(\C)c1ccc(=C)/c(=C\C(=C/C)CC2=CCCC(C(=O)OC3CCNCC3)CC2)c1)c1cccc(C)n1. The molecule has 1 fully saturated rings. The number of benzene rings is 1. The molecule has 5 heteroatoms. The van der Waals surface area contributed by atoms with Crippen LogP contribution in [0.5, 0.6) is 0 Å². The summed E-state index contributed by atoms with van der Waals surface area (Å²) in [6.07, 6.45) is 14.8. The molecule has 1 aromatic carbocycles. The number of nitrogens with zero attached hydrogens (tertiary/aromatic N) is 1. The Morgan fingerprint density at radius 3 is 2.71 bits per heavy atom. The van der Waals surface area contributed by atoms with Gasteiger partial charge in [0.1, 0.15) is 6.10 Å². The molecule has 0 spiro atoms. The molecule has 1 saturated heterocycles. The van der Waals surface area contributed by atoms with Crippen LogP contribution < -0.4 is 21.1 Å². The summed E-state index contributed by atoms with van der Waals surface area (Å²) in [6, 6.07) is 12.4. The van der Waals surface area contributed by atoms with Crippen molar-refractivity contribution in [2.24, 2.45) is 5.92 Å². The molecule has 1 atom stereocenters. The molecule has 4 rings (SSSR count).